The molecule has 1 amide bonds. The fraction of sp³-hybridized carbons (Fsp3) is 0.625. The van der Waals surface area contributed by atoms with Crippen LogP contribution in [0, 0.1) is 19.8 Å². The first-order valence-corrected chi connectivity index (χ1v) is 7.48. The van der Waals surface area contributed by atoms with Crippen molar-refractivity contribution in [2.24, 2.45) is 5.92 Å². The van der Waals surface area contributed by atoms with Crippen LogP contribution in [0.1, 0.15) is 54.0 Å². The molecule has 0 spiro atoms. The molecule has 1 aromatic rings. The number of carbonyl (C=O) groups excluding carboxylic acids is 2. The van der Waals surface area contributed by atoms with E-state index in [1.807, 2.05) is 19.9 Å². The summed E-state index contributed by atoms with van der Waals surface area (Å²) in [5.74, 6) is 0.289. The number of methoxy groups -OCH3 is 1. The first-order chi connectivity index (χ1) is 10.0. The fourth-order valence-electron chi connectivity index (χ4n) is 3.01. The van der Waals surface area contributed by atoms with E-state index in [1.165, 1.54) is 7.11 Å². The Kier molecular flexibility index (Phi) is 5.04. The van der Waals surface area contributed by atoms with Crippen LogP contribution in [0.4, 0.5) is 0 Å². The Labute approximate surface area is 125 Å². The minimum absolute atomic E-state index is 0.183. The van der Waals surface area contributed by atoms with Gasteiger partial charge in [0, 0.05) is 11.6 Å². The number of carbonyl (C=O) groups is 2. The normalized spacial score (nSPS) is 22.4. The van der Waals surface area contributed by atoms with E-state index in [4.69, 9.17) is 9.15 Å². The van der Waals surface area contributed by atoms with Crippen molar-refractivity contribution in [2.75, 3.05) is 7.11 Å². The molecule has 5 heteroatoms. The van der Waals surface area contributed by atoms with Gasteiger partial charge in [0.2, 0.25) is 0 Å². The van der Waals surface area contributed by atoms with Crippen LogP contribution in [0.2, 0.25) is 0 Å². The summed E-state index contributed by atoms with van der Waals surface area (Å²) in [6.07, 6.45) is 4.64. The monoisotopic (exact) mass is 293 g/mol. The van der Waals surface area contributed by atoms with Crippen molar-refractivity contribution in [1.29, 1.82) is 0 Å². The first kappa shape index (κ1) is 15.6. The average molecular weight is 293 g/mol. The van der Waals surface area contributed by atoms with Gasteiger partial charge >= 0.3 is 5.97 Å². The van der Waals surface area contributed by atoms with Gasteiger partial charge in [-0.2, -0.15) is 0 Å². The van der Waals surface area contributed by atoms with Gasteiger partial charge in [0.25, 0.3) is 5.91 Å². The van der Waals surface area contributed by atoms with E-state index in [1.54, 1.807) is 0 Å². The molecule has 5 nitrogen and oxygen atoms in total. The Morgan fingerprint density at radius 3 is 2.57 bits per heavy atom. The standard InChI is InChI=1S/C16H23NO4/c1-10-9-11(2)21-14(10)15(18)17-13-8-6-4-5-7-12(13)16(19)20-3/h9,12-13H,4-8H2,1-3H3,(H,17,18)/t12-,13-/m1/s1. The Bertz CT molecular complexity index is 520. The summed E-state index contributed by atoms with van der Waals surface area (Å²) in [6, 6.07) is 1.65. The van der Waals surface area contributed by atoms with E-state index >= 15 is 0 Å². The van der Waals surface area contributed by atoms with E-state index in [-0.39, 0.29) is 23.8 Å². The van der Waals surface area contributed by atoms with Crippen LogP contribution in [-0.4, -0.2) is 25.0 Å². The molecule has 1 aromatic heterocycles. The van der Waals surface area contributed by atoms with Gasteiger partial charge in [-0.3, -0.25) is 9.59 Å². The summed E-state index contributed by atoms with van der Waals surface area (Å²) < 4.78 is 10.3. The van der Waals surface area contributed by atoms with Crippen molar-refractivity contribution < 1.29 is 18.7 Å². The molecular weight excluding hydrogens is 270 g/mol. The van der Waals surface area contributed by atoms with Gasteiger partial charge in [-0.05, 0) is 32.8 Å². The highest BCUT2D eigenvalue weighted by Crippen LogP contribution is 2.25. The van der Waals surface area contributed by atoms with Gasteiger partial charge in [0.05, 0.1) is 13.0 Å². The molecule has 116 valence electrons. The van der Waals surface area contributed by atoms with E-state index in [0.29, 0.717) is 11.5 Å². The number of ether oxygens (including phenoxy) is 1. The van der Waals surface area contributed by atoms with E-state index in [2.05, 4.69) is 5.32 Å². The second-order valence-electron chi connectivity index (χ2n) is 5.72. The minimum Gasteiger partial charge on any atom is -0.469 e. The number of nitrogens with one attached hydrogen (secondary N) is 1. The number of hydrogen-bond acceptors (Lipinski definition) is 4. The zero-order valence-electron chi connectivity index (χ0n) is 12.9. The van der Waals surface area contributed by atoms with Crippen LogP contribution in [0.25, 0.3) is 0 Å². The predicted octanol–water partition coefficient (Wildman–Crippen LogP) is 2.75. The van der Waals surface area contributed by atoms with Crippen molar-refractivity contribution in [3.63, 3.8) is 0 Å². The van der Waals surface area contributed by atoms with Crippen molar-refractivity contribution in [3.8, 4) is 0 Å². The van der Waals surface area contributed by atoms with Crippen molar-refractivity contribution >= 4 is 11.9 Å². The first-order valence-electron chi connectivity index (χ1n) is 7.48. The number of hydrogen-bond donors (Lipinski definition) is 1. The third kappa shape index (κ3) is 3.65. The summed E-state index contributed by atoms with van der Waals surface area (Å²) in [5.41, 5.74) is 0.813. The van der Waals surface area contributed by atoms with Crippen LogP contribution in [0.15, 0.2) is 10.5 Å². The number of amides is 1. The van der Waals surface area contributed by atoms with Gasteiger partial charge in [-0.15, -0.1) is 0 Å². The second kappa shape index (κ2) is 6.78. The number of furan rings is 1. The van der Waals surface area contributed by atoms with Crippen LogP contribution in [-0.2, 0) is 9.53 Å². The zero-order chi connectivity index (χ0) is 15.4. The topological polar surface area (TPSA) is 68.5 Å². The maximum Gasteiger partial charge on any atom is 0.310 e. The number of aryl methyl sites for hydroxylation is 2. The lowest BCUT2D eigenvalue weighted by Crippen LogP contribution is -2.43. The molecule has 1 aliphatic rings. The SMILES string of the molecule is COC(=O)[C@@H]1CCCCC[C@H]1NC(=O)c1oc(C)cc1C. The zero-order valence-corrected chi connectivity index (χ0v) is 12.9. The largest absolute Gasteiger partial charge is 0.469 e. The molecule has 1 fully saturated rings. The molecular formula is C16H23NO4. The summed E-state index contributed by atoms with van der Waals surface area (Å²) in [6.45, 7) is 3.66. The Morgan fingerprint density at radius 2 is 1.95 bits per heavy atom. The van der Waals surface area contributed by atoms with Gasteiger partial charge in [0.15, 0.2) is 5.76 Å². The summed E-state index contributed by atoms with van der Waals surface area (Å²) >= 11 is 0. The smallest absolute Gasteiger partial charge is 0.310 e. The molecule has 0 unspecified atom stereocenters. The fourth-order valence-corrected chi connectivity index (χ4v) is 3.01. The van der Waals surface area contributed by atoms with E-state index in [0.717, 1.165) is 37.7 Å². The molecule has 1 N–H and O–H groups in total. The van der Waals surface area contributed by atoms with E-state index in [9.17, 15) is 9.59 Å². The lowest BCUT2D eigenvalue weighted by molar-refractivity contribution is -0.146. The molecule has 1 aliphatic carbocycles. The third-order valence-electron chi connectivity index (χ3n) is 4.08. The molecule has 2 atom stereocenters. The molecule has 0 aromatic carbocycles. The highest BCUT2D eigenvalue weighted by atomic mass is 16.5. The summed E-state index contributed by atoms with van der Waals surface area (Å²) in [5, 5.41) is 2.96. The molecule has 21 heavy (non-hydrogen) atoms. The number of esters is 1. The molecule has 0 aliphatic heterocycles. The van der Waals surface area contributed by atoms with Crippen LogP contribution >= 0.6 is 0 Å². The minimum atomic E-state index is -0.266. The van der Waals surface area contributed by atoms with Crippen molar-refractivity contribution in [2.45, 2.75) is 52.0 Å². The highest BCUT2D eigenvalue weighted by Gasteiger charge is 2.32. The maximum absolute atomic E-state index is 12.4. The van der Waals surface area contributed by atoms with Gasteiger partial charge < -0.3 is 14.5 Å². The molecule has 0 saturated heterocycles. The van der Waals surface area contributed by atoms with Crippen molar-refractivity contribution in [1.82, 2.24) is 5.32 Å². The van der Waals surface area contributed by atoms with Gasteiger partial charge in [0.1, 0.15) is 5.76 Å². The lowest BCUT2D eigenvalue weighted by Gasteiger charge is -2.23. The average Bonchev–Trinajstić information content (AvgIpc) is 2.65. The molecule has 1 heterocycles. The highest BCUT2D eigenvalue weighted by molar-refractivity contribution is 5.93. The van der Waals surface area contributed by atoms with Crippen molar-refractivity contribution in [3.05, 3.63) is 23.2 Å². The van der Waals surface area contributed by atoms with Crippen LogP contribution < -0.4 is 5.32 Å². The molecule has 0 bridgehead atoms. The number of rotatable bonds is 3. The van der Waals surface area contributed by atoms with E-state index < -0.39 is 0 Å². The maximum atomic E-state index is 12.4. The lowest BCUT2D eigenvalue weighted by atomic mass is 9.94. The van der Waals surface area contributed by atoms with Crippen LogP contribution in [0.5, 0.6) is 0 Å². The quantitative estimate of drug-likeness (QED) is 0.687. The molecule has 2 rings (SSSR count). The predicted molar refractivity (Wildman–Crippen MR) is 78.0 cm³/mol. The summed E-state index contributed by atoms with van der Waals surface area (Å²) in [7, 11) is 1.39. The Balaban J connectivity index is 2.12. The Morgan fingerprint density at radius 1 is 1.24 bits per heavy atom. The summed E-state index contributed by atoms with van der Waals surface area (Å²) in [4.78, 5) is 24.3. The van der Waals surface area contributed by atoms with Gasteiger partial charge in [-0.1, -0.05) is 19.3 Å². The van der Waals surface area contributed by atoms with Crippen LogP contribution in [0.3, 0.4) is 0 Å². The molecule has 0 radical (unpaired) electrons. The third-order valence-corrected chi connectivity index (χ3v) is 4.08. The molecule has 1 saturated carbocycles. The van der Waals surface area contributed by atoms with Gasteiger partial charge in [-0.25, -0.2) is 0 Å². The Hall–Kier alpha value is -1.78. The second-order valence-corrected chi connectivity index (χ2v) is 5.72.